The number of esters is 1. The van der Waals surface area contributed by atoms with Crippen molar-refractivity contribution in [3.63, 3.8) is 0 Å². The third kappa shape index (κ3) is 4.36. The Morgan fingerprint density at radius 2 is 1.65 bits per heavy atom. The quantitative estimate of drug-likeness (QED) is 0.476. The van der Waals surface area contributed by atoms with Gasteiger partial charge in [0.25, 0.3) is 0 Å². The standard InChI is InChI=1S/C19H20O4/c1-13-5-7-17(11-14(13)2)23-19(20)10-6-15-12-16(21-3)8-9-18(15)22-4/h5-12H,1-4H3/b10-6+. The summed E-state index contributed by atoms with van der Waals surface area (Å²) in [5.74, 6) is 1.42. The molecule has 2 aromatic carbocycles. The molecule has 0 N–H and O–H groups in total. The predicted octanol–water partition coefficient (Wildman–Crippen LogP) is 3.94. The third-order valence-corrected chi connectivity index (χ3v) is 3.53. The number of aryl methyl sites for hydroxylation is 2. The van der Waals surface area contributed by atoms with Crippen LogP contribution in [0.1, 0.15) is 16.7 Å². The van der Waals surface area contributed by atoms with Crippen molar-refractivity contribution in [1.29, 1.82) is 0 Å². The minimum Gasteiger partial charge on any atom is -0.497 e. The molecule has 0 aliphatic rings. The number of carbonyl (C=O) groups excluding carboxylic acids is 1. The van der Waals surface area contributed by atoms with Gasteiger partial charge in [0, 0.05) is 11.6 Å². The van der Waals surface area contributed by atoms with Gasteiger partial charge in [0.15, 0.2) is 0 Å². The van der Waals surface area contributed by atoms with E-state index in [1.165, 1.54) is 6.08 Å². The molecule has 0 spiro atoms. The molecule has 120 valence electrons. The van der Waals surface area contributed by atoms with Gasteiger partial charge in [-0.1, -0.05) is 6.07 Å². The fraction of sp³-hybridized carbons (Fsp3) is 0.211. The van der Waals surface area contributed by atoms with Crippen molar-refractivity contribution in [1.82, 2.24) is 0 Å². The summed E-state index contributed by atoms with van der Waals surface area (Å²) in [5, 5.41) is 0. The van der Waals surface area contributed by atoms with Crippen LogP contribution in [0.15, 0.2) is 42.5 Å². The van der Waals surface area contributed by atoms with E-state index in [0.717, 1.165) is 16.7 Å². The molecular weight excluding hydrogens is 292 g/mol. The van der Waals surface area contributed by atoms with E-state index in [9.17, 15) is 4.79 Å². The highest BCUT2D eigenvalue weighted by Crippen LogP contribution is 2.25. The van der Waals surface area contributed by atoms with Crippen molar-refractivity contribution < 1.29 is 19.0 Å². The molecule has 0 bridgehead atoms. The van der Waals surface area contributed by atoms with Crippen molar-refractivity contribution in [2.45, 2.75) is 13.8 Å². The number of hydrogen-bond donors (Lipinski definition) is 0. The van der Waals surface area contributed by atoms with Crippen LogP contribution in [0.4, 0.5) is 0 Å². The average molecular weight is 312 g/mol. The van der Waals surface area contributed by atoms with Crippen molar-refractivity contribution in [2.75, 3.05) is 14.2 Å². The van der Waals surface area contributed by atoms with Gasteiger partial charge in [-0.15, -0.1) is 0 Å². The number of benzene rings is 2. The summed E-state index contributed by atoms with van der Waals surface area (Å²) in [6.07, 6.45) is 3.01. The number of ether oxygens (including phenoxy) is 3. The Hall–Kier alpha value is -2.75. The highest BCUT2D eigenvalue weighted by Gasteiger charge is 2.05. The molecule has 2 aromatic rings. The van der Waals surface area contributed by atoms with Crippen molar-refractivity contribution in [3.05, 3.63) is 59.2 Å². The van der Waals surface area contributed by atoms with Crippen LogP contribution in [-0.4, -0.2) is 20.2 Å². The zero-order valence-corrected chi connectivity index (χ0v) is 13.8. The van der Waals surface area contributed by atoms with Crippen LogP contribution in [-0.2, 0) is 4.79 Å². The molecule has 2 rings (SSSR count). The van der Waals surface area contributed by atoms with Gasteiger partial charge >= 0.3 is 5.97 Å². The van der Waals surface area contributed by atoms with E-state index in [2.05, 4.69) is 0 Å². The Labute approximate surface area is 136 Å². The molecule has 0 amide bonds. The maximum Gasteiger partial charge on any atom is 0.336 e. The SMILES string of the molecule is COc1ccc(OC)c(/C=C/C(=O)Oc2ccc(C)c(C)c2)c1. The fourth-order valence-electron chi connectivity index (χ4n) is 2.06. The van der Waals surface area contributed by atoms with Gasteiger partial charge in [0.05, 0.1) is 14.2 Å². The summed E-state index contributed by atoms with van der Waals surface area (Å²) in [7, 11) is 3.16. The minimum absolute atomic E-state index is 0.446. The van der Waals surface area contributed by atoms with E-state index < -0.39 is 5.97 Å². The molecule has 0 aliphatic carbocycles. The first kappa shape index (κ1) is 16.6. The van der Waals surface area contributed by atoms with E-state index in [0.29, 0.717) is 17.2 Å². The predicted molar refractivity (Wildman–Crippen MR) is 90.1 cm³/mol. The van der Waals surface area contributed by atoms with Gasteiger partial charge in [-0.25, -0.2) is 4.79 Å². The summed E-state index contributed by atoms with van der Waals surface area (Å²) in [4.78, 5) is 12.0. The second-order valence-electron chi connectivity index (χ2n) is 5.11. The van der Waals surface area contributed by atoms with Crippen molar-refractivity contribution in [3.8, 4) is 17.2 Å². The lowest BCUT2D eigenvalue weighted by Gasteiger charge is -2.07. The van der Waals surface area contributed by atoms with Crippen LogP contribution in [0, 0.1) is 13.8 Å². The van der Waals surface area contributed by atoms with E-state index in [1.54, 1.807) is 44.6 Å². The summed E-state index contributed by atoms with van der Waals surface area (Å²) >= 11 is 0. The second-order valence-corrected chi connectivity index (χ2v) is 5.11. The first-order chi connectivity index (χ1) is 11.0. The lowest BCUT2D eigenvalue weighted by Crippen LogP contribution is -2.04. The van der Waals surface area contributed by atoms with Crippen LogP contribution >= 0.6 is 0 Å². The third-order valence-electron chi connectivity index (χ3n) is 3.53. The van der Waals surface area contributed by atoms with E-state index in [1.807, 2.05) is 26.0 Å². The molecule has 0 saturated heterocycles. The van der Waals surface area contributed by atoms with Crippen LogP contribution in [0.25, 0.3) is 6.08 Å². The molecule has 4 nitrogen and oxygen atoms in total. The van der Waals surface area contributed by atoms with Gasteiger partial charge in [-0.05, 0) is 61.4 Å². The molecule has 23 heavy (non-hydrogen) atoms. The van der Waals surface area contributed by atoms with Crippen molar-refractivity contribution in [2.24, 2.45) is 0 Å². The molecule has 0 heterocycles. The Bertz CT molecular complexity index is 732. The zero-order chi connectivity index (χ0) is 16.8. The monoisotopic (exact) mass is 312 g/mol. The highest BCUT2D eigenvalue weighted by atomic mass is 16.5. The second kappa shape index (κ2) is 7.49. The number of rotatable bonds is 5. The molecule has 4 heteroatoms. The van der Waals surface area contributed by atoms with Crippen molar-refractivity contribution >= 4 is 12.0 Å². The van der Waals surface area contributed by atoms with Gasteiger partial charge in [-0.2, -0.15) is 0 Å². The van der Waals surface area contributed by atoms with Gasteiger partial charge in [-0.3, -0.25) is 0 Å². The first-order valence-corrected chi connectivity index (χ1v) is 7.22. The molecule has 0 atom stereocenters. The largest absolute Gasteiger partial charge is 0.497 e. The Kier molecular flexibility index (Phi) is 5.41. The Morgan fingerprint density at radius 3 is 2.30 bits per heavy atom. The van der Waals surface area contributed by atoms with Gasteiger partial charge < -0.3 is 14.2 Å². The highest BCUT2D eigenvalue weighted by molar-refractivity contribution is 5.89. The first-order valence-electron chi connectivity index (χ1n) is 7.22. The molecule has 0 aliphatic heterocycles. The molecular formula is C19H20O4. The van der Waals surface area contributed by atoms with E-state index in [-0.39, 0.29) is 0 Å². The normalized spacial score (nSPS) is 10.6. The molecule has 0 aromatic heterocycles. The minimum atomic E-state index is -0.446. The lowest BCUT2D eigenvalue weighted by molar-refractivity contribution is -0.128. The number of carbonyl (C=O) groups is 1. The van der Waals surface area contributed by atoms with E-state index in [4.69, 9.17) is 14.2 Å². The topological polar surface area (TPSA) is 44.8 Å². The molecule has 0 radical (unpaired) electrons. The van der Waals surface area contributed by atoms with Crippen LogP contribution in [0.5, 0.6) is 17.2 Å². The summed E-state index contributed by atoms with van der Waals surface area (Å²) in [6, 6.07) is 10.9. The molecule has 0 unspecified atom stereocenters. The van der Waals surface area contributed by atoms with Crippen LogP contribution < -0.4 is 14.2 Å². The molecule has 0 saturated carbocycles. The van der Waals surface area contributed by atoms with Gasteiger partial charge in [0.1, 0.15) is 17.2 Å². The Balaban J connectivity index is 2.13. The Morgan fingerprint density at radius 1 is 0.913 bits per heavy atom. The van der Waals surface area contributed by atoms with E-state index >= 15 is 0 Å². The summed E-state index contributed by atoms with van der Waals surface area (Å²) < 4.78 is 15.7. The average Bonchev–Trinajstić information content (AvgIpc) is 2.56. The number of methoxy groups -OCH3 is 2. The van der Waals surface area contributed by atoms with Crippen LogP contribution in [0.2, 0.25) is 0 Å². The van der Waals surface area contributed by atoms with Crippen LogP contribution in [0.3, 0.4) is 0 Å². The lowest BCUT2D eigenvalue weighted by atomic mass is 10.1. The smallest absolute Gasteiger partial charge is 0.336 e. The summed E-state index contributed by atoms with van der Waals surface area (Å²) in [6.45, 7) is 3.99. The fourth-order valence-corrected chi connectivity index (χ4v) is 2.06. The molecule has 0 fully saturated rings. The van der Waals surface area contributed by atoms with Gasteiger partial charge in [0.2, 0.25) is 0 Å². The number of hydrogen-bond acceptors (Lipinski definition) is 4. The summed E-state index contributed by atoms with van der Waals surface area (Å²) in [5.41, 5.74) is 2.97. The zero-order valence-electron chi connectivity index (χ0n) is 13.8. The maximum absolute atomic E-state index is 12.0. The maximum atomic E-state index is 12.0.